The standard InChI is InChI=1S/C23H20F3N7O5S/c1-12-6-14(9-15(7-12)38-3)28-22-27-10-17(19(29-22)33-5-4-18(30-33)23(24,25)26)13-8-16(20(34)31-39(36)37)21(35)32(2)11-13/h4-11H,1-3H3,(H,31,34)(H,36,37)(H,27,28,29). The number of nitrogens with one attached hydrogen (secondary N) is 2. The van der Waals surface area contributed by atoms with Gasteiger partial charge >= 0.3 is 6.18 Å². The van der Waals surface area contributed by atoms with E-state index in [-0.39, 0.29) is 22.9 Å². The number of aryl methyl sites for hydroxylation is 2. The molecule has 0 aliphatic rings. The van der Waals surface area contributed by atoms with Crippen LogP contribution in [0.25, 0.3) is 16.9 Å². The van der Waals surface area contributed by atoms with Crippen LogP contribution in [0.2, 0.25) is 0 Å². The minimum atomic E-state index is -4.72. The second-order valence-electron chi connectivity index (χ2n) is 8.18. The van der Waals surface area contributed by atoms with Gasteiger partial charge in [0.2, 0.25) is 5.95 Å². The zero-order valence-corrected chi connectivity index (χ0v) is 21.3. The SMILES string of the molecule is COc1cc(C)cc(Nc2ncc(-c3cc(C(=O)NS(=O)O)c(=O)n(C)c3)c(-n3ccc(C(F)(F)F)n3)n2)c1. The molecule has 0 fully saturated rings. The summed E-state index contributed by atoms with van der Waals surface area (Å²) >= 11 is -2.74. The van der Waals surface area contributed by atoms with E-state index in [0.29, 0.717) is 11.4 Å². The van der Waals surface area contributed by atoms with Gasteiger partial charge in [-0.3, -0.25) is 14.1 Å². The molecule has 4 rings (SSSR count). The van der Waals surface area contributed by atoms with Gasteiger partial charge < -0.3 is 14.6 Å². The number of alkyl halides is 3. The number of benzene rings is 1. The topological polar surface area (TPSA) is 153 Å². The molecule has 3 aromatic heterocycles. The first-order chi connectivity index (χ1) is 18.3. The van der Waals surface area contributed by atoms with Crippen LogP contribution in [-0.2, 0) is 24.5 Å². The van der Waals surface area contributed by atoms with Gasteiger partial charge in [-0.15, -0.1) is 0 Å². The van der Waals surface area contributed by atoms with Gasteiger partial charge in [0.05, 0.1) is 7.11 Å². The summed E-state index contributed by atoms with van der Waals surface area (Å²) < 4.78 is 68.8. The molecule has 0 spiro atoms. The van der Waals surface area contributed by atoms with Crippen LogP contribution >= 0.6 is 0 Å². The molecule has 3 heterocycles. The molecule has 1 atom stereocenters. The minimum absolute atomic E-state index is 0.00363. The molecule has 39 heavy (non-hydrogen) atoms. The number of ether oxygens (including phenoxy) is 1. The average molecular weight is 564 g/mol. The lowest BCUT2D eigenvalue weighted by Crippen LogP contribution is -2.33. The zero-order chi connectivity index (χ0) is 28.5. The van der Waals surface area contributed by atoms with Gasteiger partial charge in [0.25, 0.3) is 22.7 Å². The molecule has 0 bridgehead atoms. The largest absolute Gasteiger partial charge is 0.497 e. The summed E-state index contributed by atoms with van der Waals surface area (Å²) in [5.41, 5.74) is -0.794. The predicted molar refractivity (Wildman–Crippen MR) is 134 cm³/mol. The van der Waals surface area contributed by atoms with Gasteiger partial charge in [0.15, 0.2) is 11.5 Å². The Morgan fingerprint density at radius 1 is 1.21 bits per heavy atom. The van der Waals surface area contributed by atoms with Gasteiger partial charge in [-0.2, -0.15) is 23.3 Å². The summed E-state index contributed by atoms with van der Waals surface area (Å²) in [5.74, 6) is -0.691. The van der Waals surface area contributed by atoms with E-state index in [4.69, 9.17) is 9.29 Å². The summed E-state index contributed by atoms with van der Waals surface area (Å²) in [5, 5.41) is 6.57. The molecule has 12 nitrogen and oxygen atoms in total. The van der Waals surface area contributed by atoms with Crippen LogP contribution in [0, 0.1) is 6.92 Å². The zero-order valence-electron chi connectivity index (χ0n) is 20.5. The van der Waals surface area contributed by atoms with Crippen molar-refractivity contribution in [3.8, 4) is 22.7 Å². The van der Waals surface area contributed by atoms with Crippen LogP contribution in [0.1, 0.15) is 21.6 Å². The first-order valence-corrected chi connectivity index (χ1v) is 12.0. The number of methoxy groups -OCH3 is 1. The molecular weight excluding hydrogens is 543 g/mol. The van der Waals surface area contributed by atoms with Crippen molar-refractivity contribution in [2.24, 2.45) is 7.05 Å². The highest BCUT2D eigenvalue weighted by Gasteiger charge is 2.34. The lowest BCUT2D eigenvalue weighted by atomic mass is 10.1. The second kappa shape index (κ2) is 10.7. The quantitative estimate of drug-likeness (QED) is 0.288. The maximum absolute atomic E-state index is 13.3. The van der Waals surface area contributed by atoms with E-state index in [0.717, 1.165) is 33.1 Å². The molecule has 1 unspecified atom stereocenters. The van der Waals surface area contributed by atoms with Gasteiger partial charge in [-0.25, -0.2) is 18.6 Å². The Balaban J connectivity index is 1.87. The van der Waals surface area contributed by atoms with Crippen LogP contribution < -0.4 is 20.3 Å². The molecule has 1 aromatic carbocycles. The van der Waals surface area contributed by atoms with Crippen LogP contribution in [0.5, 0.6) is 5.75 Å². The highest BCUT2D eigenvalue weighted by Crippen LogP contribution is 2.31. The number of nitrogens with zero attached hydrogens (tertiary/aromatic N) is 5. The van der Waals surface area contributed by atoms with Crippen LogP contribution in [-0.4, -0.2) is 46.1 Å². The molecular formula is C23H20F3N7O5S. The third-order valence-corrected chi connectivity index (χ3v) is 5.69. The number of rotatable bonds is 7. The van der Waals surface area contributed by atoms with Crippen molar-refractivity contribution in [3.63, 3.8) is 0 Å². The van der Waals surface area contributed by atoms with Gasteiger partial charge in [0, 0.05) is 48.5 Å². The fourth-order valence-electron chi connectivity index (χ4n) is 3.63. The monoisotopic (exact) mass is 563 g/mol. The average Bonchev–Trinajstić information content (AvgIpc) is 3.36. The number of hydrogen-bond donors (Lipinski definition) is 3. The second-order valence-corrected chi connectivity index (χ2v) is 8.88. The third kappa shape index (κ3) is 6.12. The molecule has 4 aromatic rings. The molecule has 0 aliphatic heterocycles. The Hall–Kier alpha value is -4.57. The van der Waals surface area contributed by atoms with E-state index in [2.05, 4.69) is 20.4 Å². The van der Waals surface area contributed by atoms with E-state index in [9.17, 15) is 27.0 Å². The molecule has 3 N–H and O–H groups in total. The Labute approximate surface area is 220 Å². The first kappa shape index (κ1) is 27.5. The van der Waals surface area contributed by atoms with Gasteiger partial charge in [-0.05, 0) is 36.8 Å². The van der Waals surface area contributed by atoms with Gasteiger partial charge in [-0.1, -0.05) is 0 Å². The van der Waals surface area contributed by atoms with Crippen molar-refractivity contribution < 1.29 is 31.5 Å². The van der Waals surface area contributed by atoms with Crippen LogP contribution in [0.3, 0.4) is 0 Å². The minimum Gasteiger partial charge on any atom is -0.497 e. The smallest absolute Gasteiger partial charge is 0.435 e. The van der Waals surface area contributed by atoms with Crippen LogP contribution in [0.15, 0.2) is 53.7 Å². The molecule has 0 saturated heterocycles. The van der Waals surface area contributed by atoms with E-state index < -0.39 is 40.2 Å². The molecule has 0 saturated carbocycles. The maximum Gasteiger partial charge on any atom is 0.435 e. The van der Waals surface area contributed by atoms with Crippen molar-refractivity contribution >= 4 is 28.8 Å². The Morgan fingerprint density at radius 3 is 2.59 bits per heavy atom. The third-order valence-electron chi connectivity index (χ3n) is 5.33. The van der Waals surface area contributed by atoms with Crippen molar-refractivity contribution in [2.75, 3.05) is 12.4 Å². The molecule has 0 radical (unpaired) electrons. The Morgan fingerprint density at radius 2 is 1.95 bits per heavy atom. The summed E-state index contributed by atoms with van der Waals surface area (Å²) in [7, 11) is 2.83. The normalized spacial score (nSPS) is 12.2. The first-order valence-electron chi connectivity index (χ1n) is 10.9. The van der Waals surface area contributed by atoms with E-state index in [1.165, 1.54) is 26.6 Å². The molecule has 16 heteroatoms. The highest BCUT2D eigenvalue weighted by molar-refractivity contribution is 7.77. The lowest BCUT2D eigenvalue weighted by molar-refractivity contribution is -0.141. The maximum atomic E-state index is 13.3. The summed E-state index contributed by atoms with van der Waals surface area (Å²) in [6.45, 7) is 1.84. The van der Waals surface area contributed by atoms with Crippen LogP contribution in [0.4, 0.5) is 24.8 Å². The molecule has 1 amide bonds. The molecule has 0 aliphatic carbocycles. The highest BCUT2D eigenvalue weighted by atomic mass is 32.2. The fourth-order valence-corrected chi connectivity index (χ4v) is 3.90. The van der Waals surface area contributed by atoms with Crippen molar-refractivity contribution in [1.82, 2.24) is 29.0 Å². The number of amides is 1. The number of carbonyl (C=O) groups excluding carboxylic acids is 1. The van der Waals surface area contributed by atoms with Crippen molar-refractivity contribution in [1.29, 1.82) is 0 Å². The number of aromatic nitrogens is 5. The predicted octanol–water partition coefficient (Wildman–Crippen LogP) is 2.97. The van der Waals surface area contributed by atoms with Gasteiger partial charge in [0.1, 0.15) is 11.3 Å². The van der Waals surface area contributed by atoms with Crippen molar-refractivity contribution in [3.05, 3.63) is 76.1 Å². The van der Waals surface area contributed by atoms with E-state index in [1.807, 2.05) is 6.92 Å². The summed E-state index contributed by atoms with van der Waals surface area (Å²) in [6, 6.07) is 7.11. The van der Waals surface area contributed by atoms with E-state index in [1.54, 1.807) is 22.9 Å². The number of anilines is 2. The molecule has 204 valence electrons. The summed E-state index contributed by atoms with van der Waals surface area (Å²) in [6.07, 6.45) is -1.08. The van der Waals surface area contributed by atoms with Crippen molar-refractivity contribution in [2.45, 2.75) is 13.1 Å². The summed E-state index contributed by atoms with van der Waals surface area (Å²) in [4.78, 5) is 33.5. The number of halogens is 3. The fraction of sp³-hybridized carbons (Fsp3) is 0.174. The number of carbonyl (C=O) groups is 1. The lowest BCUT2D eigenvalue weighted by Gasteiger charge is -2.14. The number of pyridine rings is 1. The number of hydrogen-bond acceptors (Lipinski definition) is 8. The Bertz CT molecular complexity index is 1650. The van der Waals surface area contributed by atoms with E-state index >= 15 is 0 Å². The Kier molecular flexibility index (Phi) is 7.51.